The largest absolute Gasteiger partial charge is 0.350 e. The van der Waals surface area contributed by atoms with Crippen molar-refractivity contribution in [3.8, 4) is 5.69 Å². The second kappa shape index (κ2) is 6.16. The third-order valence-corrected chi connectivity index (χ3v) is 3.71. The molecule has 8 heteroatoms. The van der Waals surface area contributed by atoms with Gasteiger partial charge in [0.1, 0.15) is 11.2 Å². The first-order chi connectivity index (χ1) is 12.2. The van der Waals surface area contributed by atoms with Crippen LogP contribution in [0.15, 0.2) is 53.6 Å². The summed E-state index contributed by atoms with van der Waals surface area (Å²) in [7, 11) is 0. The van der Waals surface area contributed by atoms with Crippen LogP contribution in [0.4, 0.5) is 5.95 Å². The van der Waals surface area contributed by atoms with E-state index in [1.165, 1.54) is 6.20 Å². The van der Waals surface area contributed by atoms with Crippen LogP contribution < -0.4 is 10.9 Å². The number of aryl methyl sites for hydroxylation is 1. The highest BCUT2D eigenvalue weighted by Crippen LogP contribution is 2.14. The maximum atomic E-state index is 12.3. The van der Waals surface area contributed by atoms with Crippen molar-refractivity contribution in [2.24, 2.45) is 0 Å². The minimum Gasteiger partial charge on any atom is -0.350 e. The van der Waals surface area contributed by atoms with Gasteiger partial charge >= 0.3 is 0 Å². The standard InChI is InChI=1S/C17H15N7O/c1-11-18-8-7-12(21-11)9-19-17-22-15-14(16(25)23-17)10-20-24(15)13-5-3-2-4-6-13/h2-8,10H,9H2,1H3,(H2,19,22,23,25). The van der Waals surface area contributed by atoms with Gasteiger partial charge in [-0.1, -0.05) is 18.2 Å². The van der Waals surface area contributed by atoms with Gasteiger partial charge in [-0.15, -0.1) is 0 Å². The van der Waals surface area contributed by atoms with E-state index in [9.17, 15) is 4.79 Å². The number of aromatic amines is 1. The fraction of sp³-hybridized carbons (Fsp3) is 0.118. The van der Waals surface area contributed by atoms with Crippen LogP contribution in [0.2, 0.25) is 0 Å². The number of benzene rings is 1. The van der Waals surface area contributed by atoms with Crippen molar-refractivity contribution >= 4 is 17.0 Å². The van der Waals surface area contributed by atoms with Crippen molar-refractivity contribution in [3.05, 3.63) is 70.7 Å². The van der Waals surface area contributed by atoms with Crippen LogP contribution >= 0.6 is 0 Å². The van der Waals surface area contributed by atoms with E-state index in [1.807, 2.05) is 43.3 Å². The molecule has 3 aromatic heterocycles. The molecule has 4 aromatic rings. The highest BCUT2D eigenvalue weighted by molar-refractivity contribution is 5.76. The van der Waals surface area contributed by atoms with Gasteiger partial charge in [0.05, 0.1) is 24.1 Å². The van der Waals surface area contributed by atoms with Crippen molar-refractivity contribution in [3.63, 3.8) is 0 Å². The van der Waals surface area contributed by atoms with Crippen molar-refractivity contribution in [1.82, 2.24) is 29.7 Å². The zero-order valence-electron chi connectivity index (χ0n) is 13.5. The van der Waals surface area contributed by atoms with Gasteiger partial charge < -0.3 is 5.32 Å². The number of fused-ring (bicyclic) bond motifs is 1. The summed E-state index contributed by atoms with van der Waals surface area (Å²) in [6.45, 7) is 2.26. The lowest BCUT2D eigenvalue weighted by atomic mass is 10.3. The van der Waals surface area contributed by atoms with E-state index in [0.29, 0.717) is 29.4 Å². The lowest BCUT2D eigenvalue weighted by Gasteiger charge is -2.07. The molecule has 0 aliphatic heterocycles. The van der Waals surface area contributed by atoms with Gasteiger partial charge in [-0.3, -0.25) is 9.78 Å². The Morgan fingerprint density at radius 2 is 2.00 bits per heavy atom. The molecule has 0 unspecified atom stereocenters. The van der Waals surface area contributed by atoms with Crippen LogP contribution in [0.25, 0.3) is 16.7 Å². The van der Waals surface area contributed by atoms with E-state index in [-0.39, 0.29) is 5.56 Å². The van der Waals surface area contributed by atoms with Crippen molar-refractivity contribution in [2.75, 3.05) is 5.32 Å². The maximum Gasteiger partial charge on any atom is 0.263 e. The van der Waals surface area contributed by atoms with Crippen molar-refractivity contribution in [2.45, 2.75) is 13.5 Å². The molecule has 0 saturated carbocycles. The molecule has 4 rings (SSSR count). The first-order valence-electron chi connectivity index (χ1n) is 7.76. The highest BCUT2D eigenvalue weighted by atomic mass is 16.1. The van der Waals surface area contributed by atoms with Crippen molar-refractivity contribution in [1.29, 1.82) is 0 Å². The van der Waals surface area contributed by atoms with Crippen LogP contribution in [-0.2, 0) is 6.54 Å². The van der Waals surface area contributed by atoms with Gasteiger partial charge in [-0.2, -0.15) is 10.1 Å². The summed E-state index contributed by atoms with van der Waals surface area (Å²) >= 11 is 0. The van der Waals surface area contributed by atoms with E-state index >= 15 is 0 Å². The van der Waals surface area contributed by atoms with E-state index in [2.05, 4.69) is 30.4 Å². The number of nitrogens with zero attached hydrogens (tertiary/aromatic N) is 5. The molecular formula is C17H15N7O. The third kappa shape index (κ3) is 2.97. The molecule has 25 heavy (non-hydrogen) atoms. The smallest absolute Gasteiger partial charge is 0.263 e. The molecule has 8 nitrogen and oxygen atoms in total. The average molecular weight is 333 g/mol. The predicted octanol–water partition coefficient (Wildman–Crippen LogP) is 1.82. The number of hydrogen-bond acceptors (Lipinski definition) is 6. The predicted molar refractivity (Wildman–Crippen MR) is 93.6 cm³/mol. The summed E-state index contributed by atoms with van der Waals surface area (Å²) in [5.41, 5.74) is 1.91. The van der Waals surface area contributed by atoms with Gasteiger partial charge in [-0.25, -0.2) is 14.6 Å². The zero-order valence-corrected chi connectivity index (χ0v) is 13.5. The minimum absolute atomic E-state index is 0.242. The Hall–Kier alpha value is -3.55. The maximum absolute atomic E-state index is 12.3. The van der Waals surface area contributed by atoms with Crippen LogP contribution in [0.1, 0.15) is 11.5 Å². The fourth-order valence-corrected chi connectivity index (χ4v) is 2.54. The number of nitrogens with one attached hydrogen (secondary N) is 2. The van der Waals surface area contributed by atoms with Crippen LogP contribution in [0.5, 0.6) is 0 Å². The molecule has 0 aliphatic rings. The van der Waals surface area contributed by atoms with E-state index in [0.717, 1.165) is 11.4 Å². The molecule has 3 heterocycles. The van der Waals surface area contributed by atoms with E-state index in [1.54, 1.807) is 10.9 Å². The Morgan fingerprint density at radius 1 is 1.16 bits per heavy atom. The summed E-state index contributed by atoms with van der Waals surface area (Å²) in [6, 6.07) is 11.4. The lowest BCUT2D eigenvalue weighted by molar-refractivity contribution is 0.891. The minimum atomic E-state index is -0.242. The zero-order chi connectivity index (χ0) is 17.2. The summed E-state index contributed by atoms with van der Waals surface area (Å²) < 4.78 is 1.64. The first kappa shape index (κ1) is 15.0. The normalized spacial score (nSPS) is 10.9. The average Bonchev–Trinajstić information content (AvgIpc) is 3.05. The molecule has 124 valence electrons. The summed E-state index contributed by atoms with van der Waals surface area (Å²) in [5.74, 6) is 1.06. The first-order valence-corrected chi connectivity index (χ1v) is 7.76. The number of anilines is 1. The number of hydrogen-bond donors (Lipinski definition) is 2. The molecule has 0 atom stereocenters. The molecule has 0 fully saturated rings. The Balaban J connectivity index is 1.70. The van der Waals surface area contributed by atoms with Gasteiger partial charge in [0.25, 0.3) is 5.56 Å². The molecule has 0 spiro atoms. The number of para-hydroxylation sites is 1. The fourth-order valence-electron chi connectivity index (χ4n) is 2.54. The molecule has 0 saturated heterocycles. The topological polar surface area (TPSA) is 101 Å². The highest BCUT2D eigenvalue weighted by Gasteiger charge is 2.11. The van der Waals surface area contributed by atoms with Gasteiger partial charge in [0, 0.05) is 6.20 Å². The molecule has 2 N–H and O–H groups in total. The monoisotopic (exact) mass is 333 g/mol. The number of rotatable bonds is 4. The molecule has 1 aromatic carbocycles. The second-order valence-corrected chi connectivity index (χ2v) is 5.49. The second-order valence-electron chi connectivity index (χ2n) is 5.49. The lowest BCUT2D eigenvalue weighted by Crippen LogP contribution is -2.14. The van der Waals surface area contributed by atoms with Gasteiger partial charge in [0.15, 0.2) is 5.65 Å². The molecule has 0 aliphatic carbocycles. The Kier molecular flexibility index (Phi) is 3.70. The van der Waals surface area contributed by atoms with E-state index < -0.39 is 0 Å². The summed E-state index contributed by atoms with van der Waals surface area (Å²) in [5, 5.41) is 7.81. The SMILES string of the molecule is Cc1nccc(CNc2nc3c(cnn3-c3ccccc3)c(=O)[nH]2)n1. The molecule has 0 amide bonds. The van der Waals surface area contributed by atoms with Crippen LogP contribution in [0.3, 0.4) is 0 Å². The van der Waals surface area contributed by atoms with Crippen LogP contribution in [0, 0.1) is 6.92 Å². The number of H-pyrrole nitrogens is 1. The van der Waals surface area contributed by atoms with Crippen molar-refractivity contribution < 1.29 is 0 Å². The molecule has 0 bridgehead atoms. The summed E-state index contributed by atoms with van der Waals surface area (Å²) in [6.07, 6.45) is 3.22. The van der Waals surface area contributed by atoms with Gasteiger partial charge in [-0.05, 0) is 25.1 Å². The quantitative estimate of drug-likeness (QED) is 0.591. The van der Waals surface area contributed by atoms with E-state index in [4.69, 9.17) is 0 Å². The molecular weight excluding hydrogens is 318 g/mol. The Morgan fingerprint density at radius 3 is 2.80 bits per heavy atom. The van der Waals surface area contributed by atoms with Gasteiger partial charge in [0.2, 0.25) is 5.95 Å². The molecule has 0 radical (unpaired) electrons. The number of aromatic nitrogens is 6. The Labute approximate surface area is 142 Å². The summed E-state index contributed by atoms with van der Waals surface area (Å²) in [4.78, 5) is 27.9. The Bertz CT molecular complexity index is 1090. The van der Waals surface area contributed by atoms with Crippen LogP contribution in [-0.4, -0.2) is 29.7 Å². The third-order valence-electron chi connectivity index (χ3n) is 3.71.